The molecule has 3 aromatic carbocycles. The van der Waals surface area contributed by atoms with E-state index in [0.29, 0.717) is 26.5 Å². The lowest BCUT2D eigenvalue weighted by Gasteiger charge is -2.15. The van der Waals surface area contributed by atoms with E-state index in [4.69, 9.17) is 28.6 Å². The van der Waals surface area contributed by atoms with Gasteiger partial charge in [0.2, 0.25) is 0 Å². The Labute approximate surface area is 197 Å². The third kappa shape index (κ3) is 4.78. The minimum Gasteiger partial charge on any atom is -0.489 e. The van der Waals surface area contributed by atoms with E-state index in [0.717, 1.165) is 21.3 Å². The molecule has 1 fully saturated rings. The van der Waals surface area contributed by atoms with Crippen LogP contribution in [0.25, 0.3) is 6.08 Å². The van der Waals surface area contributed by atoms with E-state index in [9.17, 15) is 4.79 Å². The van der Waals surface area contributed by atoms with Gasteiger partial charge in [-0.15, -0.1) is 0 Å². The van der Waals surface area contributed by atoms with Gasteiger partial charge in [-0.3, -0.25) is 9.69 Å². The van der Waals surface area contributed by atoms with Crippen molar-refractivity contribution >= 4 is 73.5 Å². The molecular formula is C23H15BrClNO2S2. The highest BCUT2D eigenvalue weighted by molar-refractivity contribution is 9.10. The Bertz CT molecular complexity index is 1130. The normalized spacial score (nSPS) is 15.1. The molecule has 0 aromatic heterocycles. The highest BCUT2D eigenvalue weighted by atomic mass is 79.9. The summed E-state index contributed by atoms with van der Waals surface area (Å²) in [5.41, 5.74) is 2.66. The van der Waals surface area contributed by atoms with E-state index in [1.807, 2.05) is 66.7 Å². The smallest absolute Gasteiger partial charge is 0.270 e. The van der Waals surface area contributed by atoms with Gasteiger partial charge in [0.05, 0.1) is 15.6 Å². The lowest BCUT2D eigenvalue weighted by Crippen LogP contribution is -2.27. The predicted octanol–water partition coefficient (Wildman–Crippen LogP) is 7.09. The highest BCUT2D eigenvalue weighted by Gasteiger charge is 2.33. The number of thiocarbonyl (C=S) groups is 1. The molecule has 0 spiro atoms. The van der Waals surface area contributed by atoms with Crippen molar-refractivity contribution in [2.24, 2.45) is 0 Å². The summed E-state index contributed by atoms with van der Waals surface area (Å²) in [7, 11) is 0. The Morgan fingerprint density at radius 1 is 1.07 bits per heavy atom. The van der Waals surface area contributed by atoms with E-state index < -0.39 is 0 Å². The summed E-state index contributed by atoms with van der Waals surface area (Å²) in [5.74, 6) is 0.612. The topological polar surface area (TPSA) is 29.5 Å². The van der Waals surface area contributed by atoms with E-state index >= 15 is 0 Å². The van der Waals surface area contributed by atoms with Gasteiger partial charge >= 0.3 is 0 Å². The summed E-state index contributed by atoms with van der Waals surface area (Å²) >= 11 is 16.2. The molecule has 0 unspecified atom stereocenters. The molecule has 30 heavy (non-hydrogen) atoms. The first-order valence-corrected chi connectivity index (χ1v) is 11.4. The van der Waals surface area contributed by atoms with Crippen molar-refractivity contribution in [1.29, 1.82) is 0 Å². The number of carbonyl (C=O) groups is 1. The van der Waals surface area contributed by atoms with Gasteiger partial charge in [0, 0.05) is 4.47 Å². The summed E-state index contributed by atoms with van der Waals surface area (Å²) in [6.07, 6.45) is 1.83. The Kier molecular flexibility index (Phi) is 6.58. The zero-order valence-corrected chi connectivity index (χ0v) is 19.5. The van der Waals surface area contributed by atoms with Crippen LogP contribution in [0.2, 0.25) is 5.02 Å². The fraction of sp³-hybridized carbons (Fsp3) is 0.0435. The number of ether oxygens (including phenoxy) is 1. The quantitative estimate of drug-likeness (QED) is 0.267. The number of halogens is 2. The second kappa shape index (κ2) is 9.35. The summed E-state index contributed by atoms with van der Waals surface area (Å²) in [6, 6.07) is 23.0. The Morgan fingerprint density at radius 2 is 1.80 bits per heavy atom. The molecular weight excluding hydrogens is 502 g/mol. The molecule has 1 amide bonds. The molecule has 0 radical (unpaired) electrons. The molecule has 1 saturated heterocycles. The van der Waals surface area contributed by atoms with Crippen molar-refractivity contribution in [3.63, 3.8) is 0 Å². The van der Waals surface area contributed by atoms with Gasteiger partial charge < -0.3 is 4.74 Å². The second-order valence-corrected chi connectivity index (χ2v) is 9.40. The van der Waals surface area contributed by atoms with Gasteiger partial charge in [0.1, 0.15) is 12.4 Å². The molecule has 0 atom stereocenters. The zero-order chi connectivity index (χ0) is 21.1. The largest absolute Gasteiger partial charge is 0.489 e. The van der Waals surface area contributed by atoms with Crippen molar-refractivity contribution in [2.75, 3.05) is 4.90 Å². The zero-order valence-electron chi connectivity index (χ0n) is 15.5. The van der Waals surface area contributed by atoms with E-state index in [2.05, 4.69) is 15.9 Å². The van der Waals surface area contributed by atoms with E-state index in [1.54, 1.807) is 12.1 Å². The Hall–Kier alpha value is -2.12. The maximum absolute atomic E-state index is 12.9. The minimum atomic E-state index is -0.159. The van der Waals surface area contributed by atoms with Crippen LogP contribution >= 0.6 is 51.5 Å². The number of rotatable bonds is 5. The average Bonchev–Trinajstić information content (AvgIpc) is 3.03. The number of carbonyl (C=O) groups excluding carboxylic acids is 1. The first-order chi connectivity index (χ1) is 14.5. The third-order valence-electron chi connectivity index (χ3n) is 4.38. The summed E-state index contributed by atoms with van der Waals surface area (Å²) in [6.45, 7) is 0.509. The number of hydrogen-bond acceptors (Lipinski definition) is 4. The fourth-order valence-electron chi connectivity index (χ4n) is 2.87. The first kappa shape index (κ1) is 21.1. The van der Waals surface area contributed by atoms with Crippen LogP contribution in [-0.4, -0.2) is 10.2 Å². The number of anilines is 1. The maximum Gasteiger partial charge on any atom is 0.270 e. The maximum atomic E-state index is 12.9. The Balaban J connectivity index is 1.47. The van der Waals surface area contributed by atoms with E-state index in [-0.39, 0.29) is 5.91 Å². The van der Waals surface area contributed by atoms with Crippen molar-refractivity contribution in [3.05, 3.63) is 98.3 Å². The summed E-state index contributed by atoms with van der Waals surface area (Å²) in [4.78, 5) is 15.0. The number of hydrogen-bond donors (Lipinski definition) is 0. The average molecular weight is 517 g/mol. The van der Waals surface area contributed by atoms with Crippen molar-refractivity contribution in [2.45, 2.75) is 6.61 Å². The highest BCUT2D eigenvalue weighted by Crippen LogP contribution is 2.38. The van der Waals surface area contributed by atoms with Gasteiger partial charge in [-0.25, -0.2) is 0 Å². The van der Waals surface area contributed by atoms with Gasteiger partial charge in [-0.2, -0.15) is 0 Å². The molecule has 3 nitrogen and oxygen atoms in total. The molecule has 1 aliphatic rings. The molecule has 0 saturated carbocycles. The summed E-state index contributed by atoms with van der Waals surface area (Å²) in [5, 5.41) is 0.525. The number of amides is 1. The summed E-state index contributed by atoms with van der Waals surface area (Å²) < 4.78 is 7.06. The van der Waals surface area contributed by atoms with Crippen LogP contribution in [0.4, 0.5) is 5.69 Å². The molecule has 1 heterocycles. The van der Waals surface area contributed by atoms with Crippen LogP contribution in [0.3, 0.4) is 0 Å². The van der Waals surface area contributed by atoms with Crippen LogP contribution in [-0.2, 0) is 11.4 Å². The molecule has 0 N–H and O–H groups in total. The van der Waals surface area contributed by atoms with Crippen molar-refractivity contribution < 1.29 is 9.53 Å². The molecule has 7 heteroatoms. The van der Waals surface area contributed by atoms with Gasteiger partial charge in [-0.1, -0.05) is 78.0 Å². The predicted molar refractivity (Wildman–Crippen MR) is 132 cm³/mol. The standard InChI is InChI=1S/C23H15BrClNO2S2/c24-19-11-8-17(13-20(19)25)26-22(27)21(30-23(26)29)12-15-6-9-18(10-7-15)28-14-16-4-2-1-3-5-16/h1-13H,14H2/b21-12+. The van der Waals surface area contributed by atoms with Crippen LogP contribution < -0.4 is 9.64 Å². The fourth-order valence-corrected chi connectivity index (χ4v) is 4.59. The van der Waals surface area contributed by atoms with Crippen LogP contribution in [0, 0.1) is 0 Å². The van der Waals surface area contributed by atoms with Crippen LogP contribution in [0.1, 0.15) is 11.1 Å². The van der Waals surface area contributed by atoms with Gasteiger partial charge in [-0.05, 0) is 63.5 Å². The molecule has 0 aliphatic carbocycles. The number of thioether (sulfide) groups is 1. The third-order valence-corrected chi connectivity index (χ3v) is 6.92. The van der Waals surface area contributed by atoms with Crippen LogP contribution in [0.15, 0.2) is 82.2 Å². The van der Waals surface area contributed by atoms with Crippen LogP contribution in [0.5, 0.6) is 5.75 Å². The Morgan fingerprint density at radius 3 is 2.50 bits per heavy atom. The van der Waals surface area contributed by atoms with Gasteiger partial charge in [0.15, 0.2) is 4.32 Å². The van der Waals surface area contributed by atoms with Crippen molar-refractivity contribution in [1.82, 2.24) is 0 Å². The molecule has 4 rings (SSSR count). The monoisotopic (exact) mass is 515 g/mol. The SMILES string of the molecule is O=C1/C(=C\c2ccc(OCc3ccccc3)cc2)SC(=S)N1c1ccc(Br)c(Cl)c1. The minimum absolute atomic E-state index is 0.159. The second-order valence-electron chi connectivity index (χ2n) is 6.46. The number of benzene rings is 3. The molecule has 1 aliphatic heterocycles. The van der Waals surface area contributed by atoms with E-state index in [1.165, 1.54) is 16.7 Å². The molecule has 3 aromatic rings. The van der Waals surface area contributed by atoms with Gasteiger partial charge in [0.25, 0.3) is 5.91 Å². The first-order valence-electron chi connectivity index (χ1n) is 9.01. The molecule has 0 bridgehead atoms. The number of nitrogens with zero attached hydrogens (tertiary/aromatic N) is 1. The molecule has 150 valence electrons. The lowest BCUT2D eigenvalue weighted by molar-refractivity contribution is -0.113. The lowest BCUT2D eigenvalue weighted by atomic mass is 10.2. The van der Waals surface area contributed by atoms with Crippen molar-refractivity contribution in [3.8, 4) is 5.75 Å².